The average molecular weight is 509 g/mol. The number of fused-ring (bicyclic) bond motifs is 1. The molecular weight excluding hydrogens is 484 g/mol. The molecule has 2 aliphatic rings. The smallest absolute Gasteiger partial charge is 0.263 e. The number of sulfonamides is 1. The summed E-state index contributed by atoms with van der Waals surface area (Å²) in [6, 6.07) is 8.40. The van der Waals surface area contributed by atoms with Crippen molar-refractivity contribution >= 4 is 43.2 Å². The minimum absolute atomic E-state index is 0.0721. The van der Waals surface area contributed by atoms with Crippen molar-refractivity contribution in [2.24, 2.45) is 5.92 Å². The SMILES string of the molecule is CCOc1ccc(OCC)c(NS(=O)(=O)c2cc3c(cc2Br)CCN3C(=O)C2CC2)c1. The summed E-state index contributed by atoms with van der Waals surface area (Å²) in [6.45, 7) is 5.12. The molecule has 2 aromatic carbocycles. The normalized spacial score (nSPS) is 15.5. The number of benzene rings is 2. The lowest BCUT2D eigenvalue weighted by atomic mass is 10.2. The van der Waals surface area contributed by atoms with Crippen LogP contribution in [0.5, 0.6) is 11.5 Å². The highest BCUT2D eigenvalue weighted by Gasteiger charge is 2.37. The van der Waals surface area contributed by atoms with Gasteiger partial charge in [0, 0.05) is 28.7 Å². The Kier molecular flexibility index (Phi) is 6.16. The van der Waals surface area contributed by atoms with Crippen LogP contribution in [0.15, 0.2) is 39.7 Å². The van der Waals surface area contributed by atoms with Crippen LogP contribution >= 0.6 is 15.9 Å². The van der Waals surface area contributed by atoms with E-state index in [-0.39, 0.29) is 16.7 Å². The average Bonchev–Trinajstić information content (AvgIpc) is 3.49. The minimum atomic E-state index is -3.96. The van der Waals surface area contributed by atoms with E-state index < -0.39 is 10.0 Å². The first-order chi connectivity index (χ1) is 14.8. The number of nitrogens with one attached hydrogen (secondary N) is 1. The van der Waals surface area contributed by atoms with Crippen molar-refractivity contribution in [3.05, 3.63) is 40.4 Å². The summed E-state index contributed by atoms with van der Waals surface area (Å²) < 4.78 is 40.8. The van der Waals surface area contributed by atoms with Gasteiger partial charge in [-0.15, -0.1) is 0 Å². The van der Waals surface area contributed by atoms with E-state index in [4.69, 9.17) is 9.47 Å². The molecule has 0 bridgehead atoms. The van der Waals surface area contributed by atoms with Gasteiger partial charge in [-0.3, -0.25) is 9.52 Å². The first-order valence-corrected chi connectivity index (χ1v) is 12.7. The first-order valence-electron chi connectivity index (χ1n) is 10.4. The molecule has 1 aliphatic heterocycles. The van der Waals surface area contributed by atoms with E-state index >= 15 is 0 Å². The Balaban J connectivity index is 1.69. The molecule has 1 amide bonds. The molecule has 1 heterocycles. The second-order valence-electron chi connectivity index (χ2n) is 7.55. The van der Waals surface area contributed by atoms with Crippen molar-refractivity contribution in [3.8, 4) is 11.5 Å². The van der Waals surface area contributed by atoms with E-state index in [2.05, 4.69) is 20.7 Å². The highest BCUT2D eigenvalue weighted by atomic mass is 79.9. The van der Waals surface area contributed by atoms with Gasteiger partial charge in [0.15, 0.2) is 0 Å². The van der Waals surface area contributed by atoms with Crippen LogP contribution in [-0.2, 0) is 21.2 Å². The topological polar surface area (TPSA) is 84.9 Å². The van der Waals surface area contributed by atoms with E-state index in [0.29, 0.717) is 53.5 Å². The second kappa shape index (κ2) is 8.70. The molecular formula is C22H25BrN2O5S. The fourth-order valence-corrected chi connectivity index (χ4v) is 5.87. The highest BCUT2D eigenvalue weighted by molar-refractivity contribution is 9.10. The second-order valence-corrected chi connectivity index (χ2v) is 10.1. The summed E-state index contributed by atoms with van der Waals surface area (Å²) in [5.74, 6) is 1.11. The maximum Gasteiger partial charge on any atom is 0.263 e. The monoisotopic (exact) mass is 508 g/mol. The van der Waals surface area contributed by atoms with Crippen LogP contribution in [-0.4, -0.2) is 34.1 Å². The Morgan fingerprint density at radius 3 is 2.58 bits per heavy atom. The summed E-state index contributed by atoms with van der Waals surface area (Å²) in [4.78, 5) is 14.4. The highest BCUT2D eigenvalue weighted by Crippen LogP contribution is 2.40. The van der Waals surface area contributed by atoms with Gasteiger partial charge >= 0.3 is 0 Å². The zero-order chi connectivity index (χ0) is 22.2. The van der Waals surface area contributed by atoms with Crippen molar-refractivity contribution in [1.82, 2.24) is 0 Å². The van der Waals surface area contributed by atoms with Crippen LogP contribution in [0, 0.1) is 5.92 Å². The Hall–Kier alpha value is -2.26. The fourth-order valence-electron chi connectivity index (χ4n) is 3.70. The number of amides is 1. The quantitative estimate of drug-likeness (QED) is 0.572. The van der Waals surface area contributed by atoms with Gasteiger partial charge in [0.1, 0.15) is 16.4 Å². The predicted octanol–water partition coefficient (Wildman–Crippen LogP) is 4.35. The van der Waals surface area contributed by atoms with Gasteiger partial charge in [-0.1, -0.05) is 0 Å². The number of carbonyl (C=O) groups excluding carboxylic acids is 1. The van der Waals surface area contributed by atoms with Gasteiger partial charge in [-0.2, -0.15) is 0 Å². The zero-order valence-corrected chi connectivity index (χ0v) is 19.9. The number of carbonyl (C=O) groups is 1. The fraction of sp³-hybridized carbons (Fsp3) is 0.409. The molecule has 166 valence electrons. The molecule has 1 N–H and O–H groups in total. The van der Waals surface area contributed by atoms with Crippen LogP contribution < -0.4 is 19.1 Å². The summed E-state index contributed by atoms with van der Waals surface area (Å²) in [7, 11) is -3.96. The molecule has 4 rings (SSSR count). The van der Waals surface area contributed by atoms with Crippen LogP contribution in [0.25, 0.3) is 0 Å². The lowest BCUT2D eigenvalue weighted by Crippen LogP contribution is -2.30. The van der Waals surface area contributed by atoms with E-state index in [1.165, 1.54) is 0 Å². The number of hydrogen-bond donors (Lipinski definition) is 1. The molecule has 1 fully saturated rings. The van der Waals surface area contributed by atoms with Gasteiger partial charge < -0.3 is 14.4 Å². The maximum absolute atomic E-state index is 13.3. The molecule has 9 heteroatoms. The van der Waals surface area contributed by atoms with Crippen LogP contribution in [0.2, 0.25) is 0 Å². The Labute approximate surface area is 190 Å². The number of rotatable bonds is 8. The molecule has 0 saturated heterocycles. The predicted molar refractivity (Wildman–Crippen MR) is 123 cm³/mol. The molecule has 1 aliphatic carbocycles. The number of anilines is 2. The number of nitrogens with zero attached hydrogens (tertiary/aromatic N) is 1. The van der Waals surface area contributed by atoms with Crippen molar-refractivity contribution in [3.63, 3.8) is 0 Å². The minimum Gasteiger partial charge on any atom is -0.494 e. The molecule has 0 atom stereocenters. The van der Waals surface area contributed by atoms with Gasteiger partial charge in [0.05, 0.1) is 18.9 Å². The van der Waals surface area contributed by atoms with Crippen molar-refractivity contribution in [2.75, 3.05) is 29.4 Å². The van der Waals surface area contributed by atoms with E-state index in [9.17, 15) is 13.2 Å². The van der Waals surface area contributed by atoms with E-state index in [1.807, 2.05) is 13.8 Å². The third kappa shape index (κ3) is 4.52. The lowest BCUT2D eigenvalue weighted by Gasteiger charge is -2.19. The Morgan fingerprint density at radius 1 is 1.16 bits per heavy atom. The van der Waals surface area contributed by atoms with E-state index in [0.717, 1.165) is 18.4 Å². The van der Waals surface area contributed by atoms with Crippen LogP contribution in [0.4, 0.5) is 11.4 Å². The molecule has 31 heavy (non-hydrogen) atoms. The Morgan fingerprint density at radius 2 is 1.90 bits per heavy atom. The largest absolute Gasteiger partial charge is 0.494 e. The number of ether oxygens (including phenoxy) is 2. The van der Waals surface area contributed by atoms with Gasteiger partial charge in [-0.05, 0) is 78.9 Å². The molecule has 0 radical (unpaired) electrons. The summed E-state index contributed by atoms with van der Waals surface area (Å²) in [5, 5.41) is 0. The third-order valence-corrected chi connectivity index (χ3v) is 7.64. The zero-order valence-electron chi connectivity index (χ0n) is 17.5. The van der Waals surface area contributed by atoms with Crippen molar-refractivity contribution in [2.45, 2.75) is 38.0 Å². The van der Waals surface area contributed by atoms with Gasteiger partial charge in [0.25, 0.3) is 10.0 Å². The van der Waals surface area contributed by atoms with Crippen LogP contribution in [0.1, 0.15) is 32.3 Å². The third-order valence-electron chi connectivity index (χ3n) is 5.32. The van der Waals surface area contributed by atoms with Crippen LogP contribution in [0.3, 0.4) is 0 Å². The number of halogens is 1. The van der Waals surface area contributed by atoms with Gasteiger partial charge in [0.2, 0.25) is 5.91 Å². The first kappa shape index (κ1) is 22.0. The standard InChI is InChI=1S/C22H25BrN2O5S/c1-3-29-16-7-8-20(30-4-2)18(12-16)24-31(27,28)21-13-19-15(11-17(21)23)9-10-25(19)22(26)14-5-6-14/h7-8,11-14,24H,3-6,9-10H2,1-2H3. The lowest BCUT2D eigenvalue weighted by molar-refractivity contribution is -0.119. The Bertz CT molecular complexity index is 1120. The molecule has 0 unspecified atom stereocenters. The van der Waals surface area contributed by atoms with E-state index in [1.54, 1.807) is 35.2 Å². The molecule has 0 spiro atoms. The van der Waals surface area contributed by atoms with Crippen molar-refractivity contribution in [1.29, 1.82) is 0 Å². The molecule has 1 saturated carbocycles. The maximum atomic E-state index is 13.3. The number of hydrogen-bond acceptors (Lipinski definition) is 5. The molecule has 2 aromatic rings. The van der Waals surface area contributed by atoms with Gasteiger partial charge in [-0.25, -0.2) is 8.42 Å². The summed E-state index contributed by atoms with van der Waals surface area (Å²) >= 11 is 3.41. The summed E-state index contributed by atoms with van der Waals surface area (Å²) in [5.41, 5.74) is 1.94. The molecule has 0 aromatic heterocycles. The molecule has 7 nitrogen and oxygen atoms in total. The van der Waals surface area contributed by atoms with Crippen molar-refractivity contribution < 1.29 is 22.7 Å². The summed E-state index contributed by atoms with van der Waals surface area (Å²) in [6.07, 6.45) is 2.53.